The first kappa shape index (κ1) is 9.70. The third-order valence-corrected chi connectivity index (χ3v) is 2.44. The second kappa shape index (κ2) is 3.16. The summed E-state index contributed by atoms with van der Waals surface area (Å²) in [4.78, 5) is 7.78. The second-order valence-corrected chi connectivity index (χ2v) is 3.84. The van der Waals surface area contributed by atoms with E-state index in [-0.39, 0.29) is 0 Å². The van der Waals surface area contributed by atoms with Gasteiger partial charge in [-0.2, -0.15) is 0 Å². The lowest BCUT2D eigenvalue weighted by Crippen LogP contribution is -2.42. The van der Waals surface area contributed by atoms with E-state index in [1.165, 1.54) is 12.2 Å². The molecule has 0 fully saturated rings. The topological polar surface area (TPSA) is 63.4 Å². The Morgan fingerprint density at radius 1 is 1.83 bits per heavy atom. The zero-order valence-electron chi connectivity index (χ0n) is 5.78. The summed E-state index contributed by atoms with van der Waals surface area (Å²) in [5.41, 5.74) is 0. The molecule has 0 amide bonds. The number of rotatable bonds is 1. The minimum absolute atomic E-state index is 0.486. The van der Waals surface area contributed by atoms with Gasteiger partial charge in [-0.1, -0.05) is 15.9 Å². The molecule has 2 unspecified atom stereocenters. The minimum atomic E-state index is -1.94. The Morgan fingerprint density at radius 2 is 2.42 bits per heavy atom. The fourth-order valence-corrected chi connectivity index (χ4v) is 1.63. The third kappa shape index (κ3) is 1.53. The summed E-state index contributed by atoms with van der Waals surface area (Å²) in [6.07, 6.45) is 2.63. The molecule has 0 heterocycles. The number of nitrogens with zero attached hydrogens (tertiary/aromatic N) is 1. The first-order valence-electron chi connectivity index (χ1n) is 3.05. The van der Waals surface area contributed by atoms with Crippen molar-refractivity contribution < 1.29 is 10.0 Å². The molecular weight excluding hydrogens is 249 g/mol. The lowest BCUT2D eigenvalue weighted by Gasteiger charge is -2.20. The van der Waals surface area contributed by atoms with Crippen LogP contribution in [-0.2, 0) is 0 Å². The van der Waals surface area contributed by atoms with Crippen LogP contribution in [0.2, 0.25) is 0 Å². The maximum atomic E-state index is 10.4. The van der Waals surface area contributed by atoms with Crippen LogP contribution in [0.25, 0.3) is 0 Å². The number of halogens is 2. The van der Waals surface area contributed by atoms with Crippen molar-refractivity contribution >= 4 is 27.5 Å². The molecule has 0 aliphatic heterocycles. The molecule has 1 N–H and O–H groups in total. The van der Waals surface area contributed by atoms with E-state index >= 15 is 0 Å². The fraction of sp³-hybridized carbons (Fsp3) is 0.333. The smallest absolute Gasteiger partial charge is 0.343 e. The summed E-state index contributed by atoms with van der Waals surface area (Å²) < 4.78 is 0.486. The van der Waals surface area contributed by atoms with Crippen LogP contribution in [0, 0.1) is 10.1 Å². The molecule has 1 aliphatic rings. The van der Waals surface area contributed by atoms with Crippen molar-refractivity contribution in [3.63, 3.8) is 0 Å². The molecule has 2 atom stereocenters. The summed E-state index contributed by atoms with van der Waals surface area (Å²) in [6.45, 7) is 0. The molecule has 0 bridgehead atoms. The second-order valence-electron chi connectivity index (χ2n) is 2.32. The maximum Gasteiger partial charge on any atom is 0.343 e. The van der Waals surface area contributed by atoms with E-state index < -0.39 is 16.0 Å². The molecule has 0 aromatic carbocycles. The lowest BCUT2D eigenvalue weighted by atomic mass is 10.1. The number of hydrogen-bond donors (Lipinski definition) is 1. The van der Waals surface area contributed by atoms with Crippen LogP contribution in [0.15, 0.2) is 22.7 Å². The Kier molecular flexibility index (Phi) is 2.55. The van der Waals surface area contributed by atoms with Gasteiger partial charge in [-0.05, 0) is 23.8 Å². The maximum absolute atomic E-state index is 10.4. The first-order chi connectivity index (χ1) is 5.47. The van der Waals surface area contributed by atoms with Gasteiger partial charge in [-0.3, -0.25) is 10.1 Å². The SMILES string of the molecule is O=[N+]([O-])C1(Cl)C=C(Br)C=CC1O. The summed E-state index contributed by atoms with van der Waals surface area (Å²) >= 11 is 8.58. The quantitative estimate of drug-likeness (QED) is 0.333. The van der Waals surface area contributed by atoms with Crippen molar-refractivity contribution in [1.82, 2.24) is 0 Å². The van der Waals surface area contributed by atoms with Gasteiger partial charge in [0.1, 0.15) is 0 Å². The molecule has 1 aliphatic carbocycles. The highest BCUT2D eigenvalue weighted by Crippen LogP contribution is 2.31. The molecule has 0 saturated heterocycles. The molecule has 66 valence electrons. The van der Waals surface area contributed by atoms with Crippen LogP contribution in [0.3, 0.4) is 0 Å². The molecule has 12 heavy (non-hydrogen) atoms. The predicted octanol–water partition coefficient (Wildman–Crippen LogP) is 1.41. The highest BCUT2D eigenvalue weighted by Gasteiger charge is 2.46. The van der Waals surface area contributed by atoms with Gasteiger partial charge in [0.2, 0.25) is 0 Å². The van der Waals surface area contributed by atoms with Gasteiger partial charge < -0.3 is 5.11 Å². The van der Waals surface area contributed by atoms with Gasteiger partial charge in [0, 0.05) is 10.6 Å². The Bertz CT molecular complexity index is 278. The number of aliphatic hydroxyl groups excluding tert-OH is 1. The Balaban J connectivity index is 3.05. The van der Waals surface area contributed by atoms with Gasteiger partial charge in [0.25, 0.3) is 0 Å². The van der Waals surface area contributed by atoms with Crippen molar-refractivity contribution in [1.29, 1.82) is 0 Å². The summed E-state index contributed by atoms with van der Waals surface area (Å²) in [5, 5.41) is 19.6. The Morgan fingerprint density at radius 3 is 2.83 bits per heavy atom. The molecule has 6 heteroatoms. The van der Waals surface area contributed by atoms with E-state index in [0.29, 0.717) is 4.48 Å². The molecule has 4 nitrogen and oxygen atoms in total. The molecule has 0 radical (unpaired) electrons. The zero-order chi connectivity index (χ0) is 9.35. The summed E-state index contributed by atoms with van der Waals surface area (Å²) in [6, 6.07) is 0. The molecular formula is C6H5BrClNO3. The zero-order valence-corrected chi connectivity index (χ0v) is 8.12. The van der Waals surface area contributed by atoms with Crippen LogP contribution in [0.5, 0.6) is 0 Å². The fourth-order valence-electron chi connectivity index (χ4n) is 0.806. The Hall–Kier alpha value is -0.390. The Labute approximate surface area is 81.8 Å². The standard InChI is InChI=1S/C6H5BrClNO3/c7-4-1-2-5(10)6(8,3-4)9(11)12/h1-3,5,10H. The first-order valence-corrected chi connectivity index (χ1v) is 4.22. The van der Waals surface area contributed by atoms with E-state index in [9.17, 15) is 15.2 Å². The van der Waals surface area contributed by atoms with Crippen molar-refractivity contribution in [2.45, 2.75) is 11.1 Å². The normalized spacial score (nSPS) is 34.6. The van der Waals surface area contributed by atoms with Crippen LogP contribution >= 0.6 is 27.5 Å². The van der Waals surface area contributed by atoms with Gasteiger partial charge in [0.15, 0.2) is 6.10 Å². The van der Waals surface area contributed by atoms with Gasteiger partial charge in [-0.15, -0.1) is 0 Å². The molecule has 0 aromatic rings. The third-order valence-electron chi connectivity index (χ3n) is 1.47. The molecule has 1 rings (SSSR count). The van der Waals surface area contributed by atoms with Crippen LogP contribution < -0.4 is 0 Å². The molecule has 0 aromatic heterocycles. The van der Waals surface area contributed by atoms with Crippen molar-refractivity contribution in [2.75, 3.05) is 0 Å². The van der Waals surface area contributed by atoms with Gasteiger partial charge in [-0.25, -0.2) is 0 Å². The van der Waals surface area contributed by atoms with E-state index in [1.54, 1.807) is 0 Å². The number of nitro groups is 1. The average Bonchev–Trinajstić information content (AvgIpc) is 1.97. The van der Waals surface area contributed by atoms with E-state index in [0.717, 1.165) is 6.08 Å². The van der Waals surface area contributed by atoms with Crippen molar-refractivity contribution in [2.24, 2.45) is 0 Å². The predicted molar refractivity (Wildman–Crippen MR) is 47.7 cm³/mol. The van der Waals surface area contributed by atoms with Gasteiger partial charge in [0.05, 0.1) is 4.92 Å². The number of alkyl halides is 1. The van der Waals surface area contributed by atoms with E-state index in [1.807, 2.05) is 0 Å². The van der Waals surface area contributed by atoms with Crippen molar-refractivity contribution in [3.8, 4) is 0 Å². The highest BCUT2D eigenvalue weighted by molar-refractivity contribution is 9.11. The number of allylic oxidation sites excluding steroid dienone is 2. The lowest BCUT2D eigenvalue weighted by molar-refractivity contribution is -0.537. The van der Waals surface area contributed by atoms with E-state index in [2.05, 4.69) is 15.9 Å². The largest absolute Gasteiger partial charge is 0.380 e. The van der Waals surface area contributed by atoms with Crippen LogP contribution in [0.1, 0.15) is 0 Å². The van der Waals surface area contributed by atoms with Crippen LogP contribution in [0.4, 0.5) is 0 Å². The summed E-state index contributed by atoms with van der Waals surface area (Å²) in [5.74, 6) is 0. The van der Waals surface area contributed by atoms with Crippen molar-refractivity contribution in [3.05, 3.63) is 32.8 Å². The highest BCUT2D eigenvalue weighted by atomic mass is 79.9. The van der Waals surface area contributed by atoms with E-state index in [4.69, 9.17) is 11.6 Å². The minimum Gasteiger partial charge on any atom is -0.380 e. The van der Waals surface area contributed by atoms with Gasteiger partial charge >= 0.3 is 5.00 Å². The average molecular weight is 254 g/mol. The molecule has 0 saturated carbocycles. The number of aliphatic hydroxyl groups is 1. The monoisotopic (exact) mass is 253 g/mol. The molecule has 0 spiro atoms. The number of hydrogen-bond acceptors (Lipinski definition) is 3. The summed E-state index contributed by atoms with van der Waals surface area (Å²) in [7, 11) is 0. The van der Waals surface area contributed by atoms with Crippen LogP contribution in [-0.4, -0.2) is 21.1 Å².